The summed E-state index contributed by atoms with van der Waals surface area (Å²) in [5.41, 5.74) is 2.35. The minimum atomic E-state index is -0.866. The van der Waals surface area contributed by atoms with Crippen LogP contribution in [0.5, 0.6) is 0 Å². The van der Waals surface area contributed by atoms with Crippen molar-refractivity contribution in [2.45, 2.75) is 34.2 Å². The van der Waals surface area contributed by atoms with Gasteiger partial charge in [0.25, 0.3) is 0 Å². The van der Waals surface area contributed by atoms with E-state index >= 15 is 0 Å². The molecule has 2 rings (SSSR count). The van der Waals surface area contributed by atoms with Gasteiger partial charge < -0.3 is 9.67 Å². The standard InChI is InChI=1S/C13H15NO2.CH4/c1-8(2)14-5-4-10-11(13(15)16)6-9(3)7-12(10)14;/h4-8H,1-3H3,(H,15,16);1H4. The number of fused-ring (bicyclic) bond motifs is 1. The second-order valence-electron chi connectivity index (χ2n) is 4.37. The summed E-state index contributed by atoms with van der Waals surface area (Å²) in [7, 11) is 0. The Hall–Kier alpha value is -1.77. The molecule has 17 heavy (non-hydrogen) atoms. The highest BCUT2D eigenvalue weighted by Crippen LogP contribution is 2.25. The molecule has 0 fully saturated rings. The Morgan fingerprint density at radius 1 is 1.35 bits per heavy atom. The van der Waals surface area contributed by atoms with E-state index in [-0.39, 0.29) is 7.43 Å². The summed E-state index contributed by atoms with van der Waals surface area (Å²) >= 11 is 0. The van der Waals surface area contributed by atoms with Crippen LogP contribution in [0.3, 0.4) is 0 Å². The molecule has 1 heterocycles. The van der Waals surface area contributed by atoms with E-state index in [1.807, 2.05) is 25.3 Å². The molecule has 0 atom stereocenters. The normalized spacial score (nSPS) is 10.6. The summed E-state index contributed by atoms with van der Waals surface area (Å²) in [6.45, 7) is 6.09. The molecular weight excluding hydrogens is 214 g/mol. The van der Waals surface area contributed by atoms with Crippen LogP contribution in [0.25, 0.3) is 10.9 Å². The van der Waals surface area contributed by atoms with E-state index in [1.54, 1.807) is 6.07 Å². The SMILES string of the molecule is C.Cc1cc(C(=O)O)c2ccn(C(C)C)c2c1. The molecular formula is C14H19NO2. The van der Waals surface area contributed by atoms with Crippen LogP contribution in [0.2, 0.25) is 0 Å². The fourth-order valence-corrected chi connectivity index (χ4v) is 2.03. The summed E-state index contributed by atoms with van der Waals surface area (Å²) in [6.07, 6.45) is 1.95. The second-order valence-corrected chi connectivity index (χ2v) is 4.37. The maximum Gasteiger partial charge on any atom is 0.336 e. The van der Waals surface area contributed by atoms with Gasteiger partial charge in [0, 0.05) is 23.1 Å². The number of rotatable bonds is 2. The maximum absolute atomic E-state index is 11.1. The van der Waals surface area contributed by atoms with Crippen LogP contribution in [-0.2, 0) is 0 Å². The Balaban J connectivity index is 0.00000144. The fraction of sp³-hybridized carbons (Fsp3) is 0.357. The van der Waals surface area contributed by atoms with Crippen molar-refractivity contribution in [2.75, 3.05) is 0 Å². The number of carboxylic acids is 1. The van der Waals surface area contributed by atoms with Crippen LogP contribution in [0.15, 0.2) is 24.4 Å². The minimum absolute atomic E-state index is 0. The molecule has 0 unspecified atom stereocenters. The molecule has 0 radical (unpaired) electrons. The number of aromatic nitrogens is 1. The lowest BCUT2D eigenvalue weighted by molar-refractivity contribution is 0.0699. The van der Waals surface area contributed by atoms with Crippen molar-refractivity contribution in [3.05, 3.63) is 35.5 Å². The van der Waals surface area contributed by atoms with E-state index in [9.17, 15) is 4.79 Å². The average molecular weight is 233 g/mol. The third kappa shape index (κ3) is 2.18. The van der Waals surface area contributed by atoms with Gasteiger partial charge in [-0.2, -0.15) is 0 Å². The molecule has 0 aliphatic rings. The van der Waals surface area contributed by atoms with Gasteiger partial charge in [0.05, 0.1) is 5.56 Å². The van der Waals surface area contributed by atoms with Crippen molar-refractivity contribution >= 4 is 16.9 Å². The van der Waals surface area contributed by atoms with Crippen LogP contribution >= 0.6 is 0 Å². The number of carbonyl (C=O) groups is 1. The third-order valence-corrected chi connectivity index (χ3v) is 2.77. The second kappa shape index (κ2) is 4.62. The Bertz CT molecular complexity index is 553. The molecule has 0 amide bonds. The van der Waals surface area contributed by atoms with Crippen molar-refractivity contribution in [1.82, 2.24) is 4.57 Å². The average Bonchev–Trinajstić information content (AvgIpc) is 2.59. The van der Waals surface area contributed by atoms with Crippen LogP contribution in [-0.4, -0.2) is 15.6 Å². The Morgan fingerprint density at radius 3 is 2.53 bits per heavy atom. The first-order valence-corrected chi connectivity index (χ1v) is 5.35. The number of aryl methyl sites for hydroxylation is 1. The summed E-state index contributed by atoms with van der Waals surface area (Å²) < 4.78 is 2.09. The minimum Gasteiger partial charge on any atom is -0.478 e. The van der Waals surface area contributed by atoms with Crippen molar-refractivity contribution < 1.29 is 9.90 Å². The van der Waals surface area contributed by atoms with Crippen molar-refractivity contribution in [3.8, 4) is 0 Å². The highest BCUT2D eigenvalue weighted by Gasteiger charge is 2.13. The number of nitrogens with zero attached hydrogens (tertiary/aromatic N) is 1. The zero-order valence-corrected chi connectivity index (χ0v) is 9.69. The molecule has 3 nitrogen and oxygen atoms in total. The fourth-order valence-electron chi connectivity index (χ4n) is 2.03. The van der Waals surface area contributed by atoms with Gasteiger partial charge in [-0.1, -0.05) is 7.43 Å². The molecule has 0 bridgehead atoms. The zero-order chi connectivity index (χ0) is 11.9. The third-order valence-electron chi connectivity index (χ3n) is 2.77. The molecule has 0 saturated carbocycles. The predicted molar refractivity (Wildman–Crippen MR) is 70.8 cm³/mol. The van der Waals surface area contributed by atoms with E-state index in [4.69, 9.17) is 5.11 Å². The summed E-state index contributed by atoms with van der Waals surface area (Å²) in [5, 5.41) is 9.96. The summed E-state index contributed by atoms with van der Waals surface area (Å²) in [6, 6.07) is 5.95. The van der Waals surface area contributed by atoms with Gasteiger partial charge in [-0.05, 0) is 44.5 Å². The molecule has 2 aromatic rings. The van der Waals surface area contributed by atoms with Gasteiger partial charge in [-0.25, -0.2) is 4.79 Å². The Morgan fingerprint density at radius 2 is 2.00 bits per heavy atom. The zero-order valence-electron chi connectivity index (χ0n) is 9.69. The van der Waals surface area contributed by atoms with E-state index in [0.717, 1.165) is 16.5 Å². The molecule has 0 aliphatic heterocycles. The number of aromatic carboxylic acids is 1. The molecule has 0 saturated heterocycles. The first kappa shape index (κ1) is 13.3. The topological polar surface area (TPSA) is 42.2 Å². The lowest BCUT2D eigenvalue weighted by Gasteiger charge is -2.10. The molecule has 0 spiro atoms. The van der Waals surface area contributed by atoms with Gasteiger partial charge in [0.15, 0.2) is 0 Å². The largest absolute Gasteiger partial charge is 0.478 e. The van der Waals surface area contributed by atoms with E-state index < -0.39 is 5.97 Å². The molecule has 1 aromatic carbocycles. The van der Waals surface area contributed by atoms with Crippen molar-refractivity contribution in [2.24, 2.45) is 0 Å². The Kier molecular flexibility index (Phi) is 3.61. The molecule has 0 aliphatic carbocycles. The van der Waals surface area contributed by atoms with Gasteiger partial charge in [0.1, 0.15) is 0 Å². The molecule has 92 valence electrons. The smallest absolute Gasteiger partial charge is 0.336 e. The van der Waals surface area contributed by atoms with Gasteiger partial charge in [0.2, 0.25) is 0 Å². The number of benzene rings is 1. The maximum atomic E-state index is 11.1. The highest BCUT2D eigenvalue weighted by atomic mass is 16.4. The quantitative estimate of drug-likeness (QED) is 0.855. The van der Waals surface area contributed by atoms with Crippen molar-refractivity contribution in [3.63, 3.8) is 0 Å². The van der Waals surface area contributed by atoms with Crippen molar-refractivity contribution in [1.29, 1.82) is 0 Å². The van der Waals surface area contributed by atoms with Gasteiger partial charge in [-0.3, -0.25) is 0 Å². The lowest BCUT2D eigenvalue weighted by Crippen LogP contribution is -2.01. The van der Waals surface area contributed by atoms with Gasteiger partial charge in [-0.15, -0.1) is 0 Å². The monoisotopic (exact) mass is 233 g/mol. The van der Waals surface area contributed by atoms with E-state index in [1.165, 1.54) is 0 Å². The van der Waals surface area contributed by atoms with Crippen LogP contribution < -0.4 is 0 Å². The first-order chi connectivity index (χ1) is 7.50. The summed E-state index contributed by atoms with van der Waals surface area (Å²) in [5.74, 6) is -0.866. The molecule has 3 heteroatoms. The predicted octanol–water partition coefficient (Wildman–Crippen LogP) is 3.86. The number of carboxylic acid groups (broad SMARTS) is 1. The number of hydrogen-bond acceptors (Lipinski definition) is 1. The molecule has 1 N–H and O–H groups in total. The van der Waals surface area contributed by atoms with E-state index in [0.29, 0.717) is 11.6 Å². The van der Waals surface area contributed by atoms with Crippen LogP contribution in [0.1, 0.15) is 43.2 Å². The summed E-state index contributed by atoms with van der Waals surface area (Å²) in [4.78, 5) is 11.1. The highest BCUT2D eigenvalue weighted by molar-refractivity contribution is 6.03. The molecule has 1 aromatic heterocycles. The van der Waals surface area contributed by atoms with Gasteiger partial charge >= 0.3 is 5.97 Å². The van der Waals surface area contributed by atoms with Crippen LogP contribution in [0, 0.1) is 6.92 Å². The first-order valence-electron chi connectivity index (χ1n) is 5.35. The Labute approximate surface area is 102 Å². The number of hydrogen-bond donors (Lipinski definition) is 1. The van der Waals surface area contributed by atoms with Crippen LogP contribution in [0.4, 0.5) is 0 Å². The lowest BCUT2D eigenvalue weighted by atomic mass is 10.1. The van der Waals surface area contributed by atoms with E-state index in [2.05, 4.69) is 18.4 Å².